The molecule has 5 heteroatoms. The van der Waals surface area contributed by atoms with Gasteiger partial charge in [0.2, 0.25) is 5.91 Å². The molecule has 1 saturated heterocycles. The van der Waals surface area contributed by atoms with Crippen LogP contribution in [0, 0.1) is 0 Å². The summed E-state index contributed by atoms with van der Waals surface area (Å²) in [5.41, 5.74) is 0.307. The Morgan fingerprint density at radius 2 is 1.88 bits per heavy atom. The van der Waals surface area contributed by atoms with Gasteiger partial charge in [0.25, 0.3) is 0 Å². The predicted molar refractivity (Wildman–Crippen MR) is 64.5 cm³/mol. The van der Waals surface area contributed by atoms with Gasteiger partial charge in [0, 0.05) is 44.1 Å². The number of piperazine rings is 1. The second-order valence-corrected chi connectivity index (χ2v) is 4.79. The molecule has 1 aliphatic heterocycles. The lowest BCUT2D eigenvalue weighted by Gasteiger charge is -2.34. The van der Waals surface area contributed by atoms with Crippen molar-refractivity contribution >= 4 is 5.91 Å². The van der Waals surface area contributed by atoms with Crippen LogP contribution in [-0.4, -0.2) is 47.0 Å². The minimum atomic E-state index is -0.557. The van der Waals surface area contributed by atoms with Gasteiger partial charge in [0.1, 0.15) is 6.33 Å². The fraction of sp³-hybridized carbons (Fsp3) is 0.583. The highest BCUT2D eigenvalue weighted by atomic mass is 16.2. The lowest BCUT2D eigenvalue weighted by atomic mass is 9.85. The van der Waals surface area contributed by atoms with Crippen LogP contribution >= 0.6 is 0 Å². The Morgan fingerprint density at radius 3 is 2.47 bits per heavy atom. The molecule has 0 spiro atoms. The van der Waals surface area contributed by atoms with E-state index in [0.717, 1.165) is 31.7 Å². The van der Waals surface area contributed by atoms with Gasteiger partial charge in [0.15, 0.2) is 0 Å². The van der Waals surface area contributed by atoms with Crippen LogP contribution in [0.4, 0.5) is 0 Å². The quantitative estimate of drug-likeness (QED) is 0.793. The van der Waals surface area contributed by atoms with Crippen LogP contribution in [0.15, 0.2) is 18.7 Å². The molecule has 0 aromatic carbocycles. The molecule has 0 radical (unpaired) electrons. The van der Waals surface area contributed by atoms with Gasteiger partial charge in [-0.2, -0.15) is 0 Å². The summed E-state index contributed by atoms with van der Waals surface area (Å²) in [6, 6.07) is 0. The third kappa shape index (κ3) is 2.44. The smallest absolute Gasteiger partial charge is 0.232 e. The Labute approximate surface area is 101 Å². The van der Waals surface area contributed by atoms with Crippen molar-refractivity contribution < 1.29 is 4.79 Å². The maximum atomic E-state index is 12.5. The molecule has 0 aliphatic carbocycles. The maximum Gasteiger partial charge on any atom is 0.232 e. The van der Waals surface area contributed by atoms with E-state index in [1.54, 1.807) is 12.4 Å². The van der Waals surface area contributed by atoms with Crippen molar-refractivity contribution in [1.82, 2.24) is 20.2 Å². The van der Waals surface area contributed by atoms with Crippen LogP contribution in [-0.2, 0) is 10.2 Å². The number of nitrogens with one attached hydrogen (secondary N) is 1. The van der Waals surface area contributed by atoms with E-state index in [2.05, 4.69) is 15.3 Å². The third-order valence-electron chi connectivity index (χ3n) is 3.22. The average molecular weight is 234 g/mol. The summed E-state index contributed by atoms with van der Waals surface area (Å²) in [5.74, 6) is 0.147. The van der Waals surface area contributed by atoms with Crippen LogP contribution in [0.1, 0.15) is 19.4 Å². The van der Waals surface area contributed by atoms with Crippen LogP contribution in [0.2, 0.25) is 0 Å². The molecular formula is C12H18N4O. The van der Waals surface area contributed by atoms with Crippen molar-refractivity contribution in [3.05, 3.63) is 24.3 Å². The maximum absolute atomic E-state index is 12.5. The molecule has 1 amide bonds. The lowest BCUT2D eigenvalue weighted by Crippen LogP contribution is -2.51. The summed E-state index contributed by atoms with van der Waals surface area (Å²) < 4.78 is 0. The van der Waals surface area contributed by atoms with E-state index < -0.39 is 5.41 Å². The van der Waals surface area contributed by atoms with Crippen LogP contribution in [0.5, 0.6) is 0 Å². The molecule has 0 unspecified atom stereocenters. The molecule has 0 saturated carbocycles. The molecule has 2 rings (SSSR count). The van der Waals surface area contributed by atoms with E-state index >= 15 is 0 Å². The molecule has 1 fully saturated rings. The van der Waals surface area contributed by atoms with Crippen molar-refractivity contribution in [2.75, 3.05) is 26.2 Å². The third-order valence-corrected chi connectivity index (χ3v) is 3.22. The Kier molecular flexibility index (Phi) is 3.38. The predicted octanol–water partition coefficient (Wildman–Crippen LogP) is 0.186. The number of nitrogens with zero attached hydrogens (tertiary/aromatic N) is 3. The minimum absolute atomic E-state index is 0.147. The van der Waals surface area contributed by atoms with Crippen LogP contribution in [0.3, 0.4) is 0 Å². The van der Waals surface area contributed by atoms with E-state index in [-0.39, 0.29) is 5.91 Å². The van der Waals surface area contributed by atoms with Gasteiger partial charge in [-0.15, -0.1) is 0 Å². The zero-order valence-corrected chi connectivity index (χ0v) is 10.3. The number of aromatic nitrogens is 2. The first-order valence-electron chi connectivity index (χ1n) is 5.88. The Morgan fingerprint density at radius 1 is 1.29 bits per heavy atom. The van der Waals surface area contributed by atoms with Crippen molar-refractivity contribution in [2.24, 2.45) is 0 Å². The normalized spacial score (nSPS) is 16.9. The summed E-state index contributed by atoms with van der Waals surface area (Å²) >= 11 is 0. The number of amides is 1. The summed E-state index contributed by atoms with van der Waals surface area (Å²) in [4.78, 5) is 22.3. The van der Waals surface area contributed by atoms with Crippen LogP contribution < -0.4 is 5.32 Å². The number of hydrogen-bond donors (Lipinski definition) is 1. The number of carbonyl (C=O) groups excluding carboxylic acids is 1. The fourth-order valence-corrected chi connectivity index (χ4v) is 2.01. The first kappa shape index (κ1) is 12.0. The molecule has 2 heterocycles. The monoisotopic (exact) mass is 234 g/mol. The first-order chi connectivity index (χ1) is 8.12. The number of hydrogen-bond acceptors (Lipinski definition) is 4. The average Bonchev–Trinajstić information content (AvgIpc) is 2.40. The van der Waals surface area contributed by atoms with Gasteiger partial charge < -0.3 is 10.2 Å². The summed E-state index contributed by atoms with van der Waals surface area (Å²) in [5, 5.41) is 3.24. The molecule has 5 nitrogen and oxygen atoms in total. The molecule has 1 aliphatic rings. The molecule has 17 heavy (non-hydrogen) atoms. The SMILES string of the molecule is CC(C)(C(=O)N1CCNCC1)c1cncnc1. The van der Waals surface area contributed by atoms with Gasteiger partial charge in [-0.3, -0.25) is 4.79 Å². The summed E-state index contributed by atoms with van der Waals surface area (Å²) in [7, 11) is 0. The lowest BCUT2D eigenvalue weighted by molar-refractivity contribution is -0.136. The van der Waals surface area contributed by atoms with Gasteiger partial charge in [-0.25, -0.2) is 9.97 Å². The number of carbonyl (C=O) groups is 1. The molecule has 1 aromatic heterocycles. The van der Waals surface area contributed by atoms with Gasteiger partial charge in [-0.05, 0) is 13.8 Å². The zero-order chi connectivity index (χ0) is 12.3. The summed E-state index contributed by atoms with van der Waals surface area (Å²) in [6.07, 6.45) is 4.91. The number of rotatable bonds is 2. The van der Waals surface area contributed by atoms with Gasteiger partial charge in [0.05, 0.1) is 5.41 Å². The molecular weight excluding hydrogens is 216 g/mol. The van der Waals surface area contributed by atoms with E-state index in [4.69, 9.17) is 0 Å². The topological polar surface area (TPSA) is 58.1 Å². The molecule has 92 valence electrons. The highest BCUT2D eigenvalue weighted by Gasteiger charge is 2.34. The second kappa shape index (κ2) is 4.79. The zero-order valence-electron chi connectivity index (χ0n) is 10.3. The molecule has 0 atom stereocenters. The largest absolute Gasteiger partial charge is 0.339 e. The van der Waals surface area contributed by atoms with Crippen molar-refractivity contribution in [3.63, 3.8) is 0 Å². The van der Waals surface area contributed by atoms with Crippen molar-refractivity contribution in [3.8, 4) is 0 Å². The standard InChI is InChI=1S/C12H18N4O/c1-12(2,10-7-14-9-15-8-10)11(17)16-5-3-13-4-6-16/h7-9,13H,3-6H2,1-2H3. The van der Waals surface area contributed by atoms with E-state index in [9.17, 15) is 4.79 Å². The van der Waals surface area contributed by atoms with Gasteiger partial charge in [-0.1, -0.05) is 0 Å². The summed E-state index contributed by atoms with van der Waals surface area (Å²) in [6.45, 7) is 7.14. The molecule has 1 aromatic rings. The molecule has 1 N–H and O–H groups in total. The highest BCUT2D eigenvalue weighted by Crippen LogP contribution is 2.24. The Balaban J connectivity index is 2.17. The second-order valence-electron chi connectivity index (χ2n) is 4.79. The minimum Gasteiger partial charge on any atom is -0.339 e. The van der Waals surface area contributed by atoms with Crippen molar-refractivity contribution in [1.29, 1.82) is 0 Å². The molecule has 0 bridgehead atoms. The van der Waals surface area contributed by atoms with Crippen LogP contribution in [0.25, 0.3) is 0 Å². The Bertz CT molecular complexity index is 385. The van der Waals surface area contributed by atoms with E-state index in [0.29, 0.717) is 0 Å². The van der Waals surface area contributed by atoms with E-state index in [1.165, 1.54) is 6.33 Å². The highest BCUT2D eigenvalue weighted by molar-refractivity contribution is 5.87. The Hall–Kier alpha value is -1.49. The fourth-order valence-electron chi connectivity index (χ4n) is 2.01. The van der Waals surface area contributed by atoms with Gasteiger partial charge >= 0.3 is 0 Å². The van der Waals surface area contributed by atoms with Crippen molar-refractivity contribution in [2.45, 2.75) is 19.3 Å². The first-order valence-corrected chi connectivity index (χ1v) is 5.88. The van der Waals surface area contributed by atoms with E-state index in [1.807, 2.05) is 18.7 Å².